The number of carbonyl (C=O) groups excluding carboxylic acids is 2. The zero-order valence-corrected chi connectivity index (χ0v) is 20.7. The highest BCUT2D eigenvalue weighted by Gasteiger charge is 2.23. The highest BCUT2D eigenvalue weighted by atomic mass is 16.4. The number of fused-ring (bicyclic) bond motifs is 1. The number of nitrogens with one attached hydrogen (secondary N) is 3. The highest BCUT2D eigenvalue weighted by molar-refractivity contribution is 5.96. The molecule has 0 fully saturated rings. The van der Waals surface area contributed by atoms with Crippen molar-refractivity contribution in [3.63, 3.8) is 0 Å². The minimum Gasteiger partial charge on any atom is -0.481 e. The topological polar surface area (TPSA) is 204 Å². The zero-order valence-electron chi connectivity index (χ0n) is 20.7. The van der Waals surface area contributed by atoms with Gasteiger partial charge in [0.05, 0.1) is 10.9 Å². The van der Waals surface area contributed by atoms with E-state index >= 15 is 0 Å². The Balaban J connectivity index is 1.79. The van der Waals surface area contributed by atoms with Crippen molar-refractivity contribution in [1.82, 2.24) is 25.3 Å². The fraction of sp³-hybridized carbons (Fsp3) is 0.280. The van der Waals surface area contributed by atoms with E-state index in [2.05, 4.69) is 42.4 Å². The maximum atomic E-state index is 12.5. The van der Waals surface area contributed by atoms with Gasteiger partial charge in [0.1, 0.15) is 6.04 Å². The number of H-pyrrole nitrogens is 1. The average molecular weight is 521 g/mol. The SMILES string of the molecule is CC(C)(C)C(=O)Nc1nc2ncc(C#Cc3cncc(C(=O)N[C@@H](CCC(=O)O)C(=O)O)c3)cc2c(=O)[nH]1. The predicted octanol–water partition coefficient (Wildman–Crippen LogP) is 1.15. The van der Waals surface area contributed by atoms with Crippen molar-refractivity contribution >= 4 is 40.7 Å². The van der Waals surface area contributed by atoms with Crippen molar-refractivity contribution in [2.45, 2.75) is 39.7 Å². The van der Waals surface area contributed by atoms with Crippen LogP contribution in [0, 0.1) is 17.3 Å². The summed E-state index contributed by atoms with van der Waals surface area (Å²) in [6.07, 6.45) is 3.29. The third kappa shape index (κ3) is 7.20. The Labute approximate surface area is 215 Å². The number of aromatic amines is 1. The summed E-state index contributed by atoms with van der Waals surface area (Å²) >= 11 is 0. The Bertz CT molecular complexity index is 1550. The second-order valence-electron chi connectivity index (χ2n) is 9.22. The van der Waals surface area contributed by atoms with Crippen LogP contribution in [-0.4, -0.2) is 59.9 Å². The largest absolute Gasteiger partial charge is 0.481 e. The van der Waals surface area contributed by atoms with Crippen LogP contribution in [-0.2, 0) is 14.4 Å². The van der Waals surface area contributed by atoms with Crippen molar-refractivity contribution in [3.8, 4) is 11.8 Å². The molecule has 0 aliphatic heterocycles. The first-order chi connectivity index (χ1) is 17.8. The van der Waals surface area contributed by atoms with E-state index in [1.165, 1.54) is 30.7 Å². The van der Waals surface area contributed by atoms with E-state index < -0.39 is 41.3 Å². The number of pyridine rings is 2. The molecule has 13 heteroatoms. The molecule has 5 N–H and O–H groups in total. The summed E-state index contributed by atoms with van der Waals surface area (Å²) in [5.74, 6) is 1.96. The first-order valence-corrected chi connectivity index (χ1v) is 11.3. The summed E-state index contributed by atoms with van der Waals surface area (Å²) in [5, 5.41) is 23.0. The lowest BCUT2D eigenvalue weighted by atomic mass is 9.96. The second-order valence-corrected chi connectivity index (χ2v) is 9.22. The van der Waals surface area contributed by atoms with Crippen LogP contribution < -0.4 is 16.2 Å². The minimum absolute atomic E-state index is 0.0250. The minimum atomic E-state index is -1.38. The van der Waals surface area contributed by atoms with Gasteiger partial charge >= 0.3 is 11.9 Å². The van der Waals surface area contributed by atoms with Gasteiger partial charge in [0.25, 0.3) is 11.5 Å². The lowest BCUT2D eigenvalue weighted by Gasteiger charge is -2.16. The van der Waals surface area contributed by atoms with Crippen molar-refractivity contribution in [3.05, 3.63) is 57.8 Å². The van der Waals surface area contributed by atoms with E-state index in [1.54, 1.807) is 20.8 Å². The van der Waals surface area contributed by atoms with Crippen LogP contribution in [0.5, 0.6) is 0 Å². The number of hydrogen-bond donors (Lipinski definition) is 5. The Morgan fingerprint density at radius 1 is 1.05 bits per heavy atom. The number of amides is 2. The fourth-order valence-electron chi connectivity index (χ4n) is 2.99. The van der Waals surface area contributed by atoms with Crippen molar-refractivity contribution < 1.29 is 29.4 Å². The van der Waals surface area contributed by atoms with Crippen LogP contribution >= 0.6 is 0 Å². The normalized spacial score (nSPS) is 11.7. The molecule has 1 atom stereocenters. The van der Waals surface area contributed by atoms with Crippen LogP contribution in [0.2, 0.25) is 0 Å². The Morgan fingerprint density at radius 3 is 2.37 bits per heavy atom. The Hall–Kier alpha value is -5.12. The van der Waals surface area contributed by atoms with Gasteiger partial charge in [-0.1, -0.05) is 32.6 Å². The molecule has 2 amide bonds. The summed E-state index contributed by atoms with van der Waals surface area (Å²) in [6, 6.07) is 1.48. The monoisotopic (exact) mass is 520 g/mol. The number of aromatic nitrogens is 4. The van der Waals surface area contributed by atoms with Gasteiger partial charge in [0.2, 0.25) is 11.9 Å². The lowest BCUT2D eigenvalue weighted by Crippen LogP contribution is -2.41. The average Bonchev–Trinajstić information content (AvgIpc) is 2.84. The van der Waals surface area contributed by atoms with Crippen molar-refractivity contribution in [2.24, 2.45) is 5.41 Å². The summed E-state index contributed by atoms with van der Waals surface area (Å²) < 4.78 is 0. The van der Waals surface area contributed by atoms with Gasteiger partial charge in [-0.3, -0.25) is 34.5 Å². The molecule has 196 valence electrons. The van der Waals surface area contributed by atoms with E-state index in [0.717, 1.165) is 0 Å². The van der Waals surface area contributed by atoms with E-state index in [1.807, 2.05) is 0 Å². The standard InChI is InChI=1S/C25H24N6O7/c1-25(2,3)23(38)31-24-29-19-16(21(35)30-24)9-14(11-27-19)5-4-13-8-15(12-26-10-13)20(34)28-17(22(36)37)6-7-18(32)33/h8-12,17H,6-7H2,1-3H3,(H,28,34)(H,32,33)(H,36,37)(H2,27,29,30,31,35,38)/t17-/m0/s1. The van der Waals surface area contributed by atoms with Gasteiger partial charge in [0.15, 0.2) is 5.65 Å². The number of carboxylic acid groups (broad SMARTS) is 2. The van der Waals surface area contributed by atoms with Crippen LogP contribution in [0.3, 0.4) is 0 Å². The Kier molecular flexibility index (Phi) is 8.16. The molecule has 0 aliphatic carbocycles. The van der Waals surface area contributed by atoms with E-state index in [4.69, 9.17) is 5.11 Å². The summed E-state index contributed by atoms with van der Waals surface area (Å²) in [6.45, 7) is 5.16. The molecule has 3 aromatic rings. The van der Waals surface area contributed by atoms with E-state index in [9.17, 15) is 29.1 Å². The molecular weight excluding hydrogens is 496 g/mol. The van der Waals surface area contributed by atoms with E-state index in [0.29, 0.717) is 11.1 Å². The molecule has 3 rings (SSSR count). The maximum absolute atomic E-state index is 12.5. The molecular formula is C25H24N6O7. The molecule has 0 radical (unpaired) electrons. The number of anilines is 1. The van der Waals surface area contributed by atoms with Gasteiger partial charge in [-0.15, -0.1) is 0 Å². The molecule has 0 bridgehead atoms. The third-order valence-electron chi connectivity index (χ3n) is 5.08. The zero-order chi connectivity index (χ0) is 28.0. The van der Waals surface area contributed by atoms with Crippen molar-refractivity contribution in [1.29, 1.82) is 0 Å². The second kappa shape index (κ2) is 11.3. The molecule has 3 aromatic heterocycles. The fourth-order valence-corrected chi connectivity index (χ4v) is 2.99. The quantitative estimate of drug-likeness (QED) is 0.281. The van der Waals surface area contributed by atoms with Crippen LogP contribution in [0.25, 0.3) is 11.0 Å². The molecule has 13 nitrogen and oxygen atoms in total. The van der Waals surface area contributed by atoms with Gasteiger partial charge in [0, 0.05) is 41.6 Å². The number of hydrogen-bond acceptors (Lipinski definition) is 8. The first-order valence-electron chi connectivity index (χ1n) is 11.3. The number of rotatable bonds is 7. The van der Waals surface area contributed by atoms with Crippen molar-refractivity contribution in [2.75, 3.05) is 5.32 Å². The number of nitrogens with zero attached hydrogens (tertiary/aromatic N) is 3. The highest BCUT2D eigenvalue weighted by Crippen LogP contribution is 2.16. The van der Waals surface area contributed by atoms with Gasteiger partial charge in [-0.2, -0.15) is 4.98 Å². The molecule has 3 heterocycles. The number of aliphatic carboxylic acids is 2. The van der Waals surface area contributed by atoms with Gasteiger partial charge in [-0.25, -0.2) is 9.78 Å². The first kappa shape index (κ1) is 27.5. The van der Waals surface area contributed by atoms with Crippen LogP contribution in [0.15, 0.2) is 35.5 Å². The maximum Gasteiger partial charge on any atom is 0.326 e. The molecule has 0 spiro atoms. The predicted molar refractivity (Wildman–Crippen MR) is 134 cm³/mol. The molecule has 0 aromatic carbocycles. The summed E-state index contributed by atoms with van der Waals surface area (Å²) in [4.78, 5) is 74.0. The van der Waals surface area contributed by atoms with Crippen LogP contribution in [0.4, 0.5) is 5.95 Å². The number of carboxylic acids is 2. The molecule has 38 heavy (non-hydrogen) atoms. The summed E-state index contributed by atoms with van der Waals surface area (Å²) in [7, 11) is 0. The van der Waals surface area contributed by atoms with Gasteiger partial charge < -0.3 is 15.5 Å². The molecule has 0 aliphatic rings. The number of carbonyl (C=O) groups is 4. The van der Waals surface area contributed by atoms with E-state index in [-0.39, 0.29) is 34.9 Å². The summed E-state index contributed by atoms with van der Waals surface area (Å²) in [5.41, 5.74) is -0.383. The molecule has 0 saturated heterocycles. The smallest absolute Gasteiger partial charge is 0.326 e. The van der Waals surface area contributed by atoms with Crippen LogP contribution in [0.1, 0.15) is 55.1 Å². The Morgan fingerprint density at radius 2 is 1.74 bits per heavy atom. The van der Waals surface area contributed by atoms with Gasteiger partial charge in [-0.05, 0) is 18.6 Å². The molecule has 0 saturated carbocycles. The third-order valence-corrected chi connectivity index (χ3v) is 5.08. The lowest BCUT2D eigenvalue weighted by molar-refractivity contribution is -0.140. The molecule has 0 unspecified atom stereocenters.